The van der Waals surface area contributed by atoms with Gasteiger partial charge in [-0.2, -0.15) is 0 Å². The number of aromatic nitrogens is 1. The van der Waals surface area contributed by atoms with Gasteiger partial charge in [0.05, 0.1) is 16.1 Å². The highest BCUT2D eigenvalue weighted by molar-refractivity contribution is 7.09. The molecule has 0 bridgehead atoms. The van der Waals surface area contributed by atoms with Crippen LogP contribution in [0.1, 0.15) is 24.0 Å². The van der Waals surface area contributed by atoms with E-state index in [1.54, 1.807) is 11.3 Å². The first-order chi connectivity index (χ1) is 8.10. The number of halogens is 2. The number of hydrogen-bond acceptors (Lipinski definition) is 4. The van der Waals surface area contributed by atoms with Crippen molar-refractivity contribution in [1.29, 1.82) is 0 Å². The summed E-state index contributed by atoms with van der Waals surface area (Å²) in [5.74, 6) is 0.162. The number of hydrogen-bond donors (Lipinski definition) is 2. The van der Waals surface area contributed by atoms with Gasteiger partial charge in [-0.25, -0.2) is 4.98 Å². The van der Waals surface area contributed by atoms with Gasteiger partial charge in [-0.05, 0) is 26.8 Å². The molecular formula is C12H21Cl2N3OS. The zero-order valence-corrected chi connectivity index (χ0v) is 13.6. The number of nitrogens with one attached hydrogen (secondary N) is 2. The molecule has 1 fully saturated rings. The monoisotopic (exact) mass is 325 g/mol. The number of carbonyl (C=O) groups is 1. The van der Waals surface area contributed by atoms with Crippen LogP contribution in [0.2, 0.25) is 0 Å². The molecule has 0 aliphatic carbocycles. The first kappa shape index (κ1) is 18.6. The molecule has 1 amide bonds. The lowest BCUT2D eigenvalue weighted by Crippen LogP contribution is -2.41. The van der Waals surface area contributed by atoms with Crippen LogP contribution in [0.25, 0.3) is 0 Å². The zero-order chi connectivity index (χ0) is 12.3. The molecule has 2 heterocycles. The molecule has 1 aliphatic heterocycles. The Kier molecular flexibility index (Phi) is 7.89. The average Bonchev–Trinajstić information content (AvgIpc) is 2.89. The van der Waals surface area contributed by atoms with E-state index >= 15 is 0 Å². The van der Waals surface area contributed by atoms with Crippen molar-refractivity contribution in [1.82, 2.24) is 15.6 Å². The van der Waals surface area contributed by atoms with Crippen molar-refractivity contribution in [3.05, 3.63) is 16.1 Å². The largest absolute Gasteiger partial charge is 0.355 e. The molecule has 1 atom stereocenters. The molecule has 0 saturated carbocycles. The third-order valence-electron chi connectivity index (χ3n) is 3.25. The highest BCUT2D eigenvalue weighted by atomic mass is 35.5. The molecule has 7 heteroatoms. The van der Waals surface area contributed by atoms with Crippen molar-refractivity contribution >= 4 is 42.1 Å². The van der Waals surface area contributed by atoms with Crippen LogP contribution < -0.4 is 10.6 Å². The summed E-state index contributed by atoms with van der Waals surface area (Å²) >= 11 is 1.65. The number of rotatable bonds is 4. The highest BCUT2D eigenvalue weighted by Gasteiger charge is 2.35. The van der Waals surface area contributed by atoms with Crippen LogP contribution in [0.3, 0.4) is 0 Å². The van der Waals surface area contributed by atoms with Crippen molar-refractivity contribution in [2.24, 2.45) is 5.41 Å². The van der Waals surface area contributed by atoms with E-state index in [0.717, 1.165) is 36.6 Å². The van der Waals surface area contributed by atoms with Crippen LogP contribution in [-0.2, 0) is 11.2 Å². The Morgan fingerprint density at radius 2 is 2.32 bits per heavy atom. The number of carbonyl (C=O) groups excluding carboxylic acids is 1. The quantitative estimate of drug-likeness (QED) is 0.889. The second-order valence-electron chi connectivity index (χ2n) is 4.85. The van der Waals surface area contributed by atoms with Crippen molar-refractivity contribution in [2.75, 3.05) is 19.6 Å². The van der Waals surface area contributed by atoms with E-state index in [4.69, 9.17) is 0 Å². The third-order valence-corrected chi connectivity index (χ3v) is 4.07. The molecule has 0 spiro atoms. The number of thiazole rings is 1. The molecule has 0 aromatic carbocycles. The molecule has 2 rings (SSSR count). The summed E-state index contributed by atoms with van der Waals surface area (Å²) in [6, 6.07) is 0. The van der Waals surface area contributed by atoms with Crippen LogP contribution in [0.5, 0.6) is 0 Å². The zero-order valence-electron chi connectivity index (χ0n) is 11.2. The summed E-state index contributed by atoms with van der Waals surface area (Å²) in [5, 5.41) is 9.38. The Labute approximate surface area is 130 Å². The third kappa shape index (κ3) is 4.91. The van der Waals surface area contributed by atoms with Crippen molar-refractivity contribution in [2.45, 2.75) is 26.7 Å². The molecular weight excluding hydrogens is 305 g/mol. The highest BCUT2D eigenvalue weighted by Crippen LogP contribution is 2.24. The van der Waals surface area contributed by atoms with E-state index in [1.807, 2.05) is 13.8 Å². The van der Waals surface area contributed by atoms with Crippen LogP contribution >= 0.6 is 36.2 Å². The van der Waals surface area contributed by atoms with Gasteiger partial charge in [0.2, 0.25) is 5.91 Å². The second kappa shape index (κ2) is 8.04. The maximum absolute atomic E-state index is 12.0. The molecule has 1 unspecified atom stereocenters. The van der Waals surface area contributed by atoms with E-state index in [2.05, 4.69) is 21.0 Å². The maximum atomic E-state index is 12.0. The summed E-state index contributed by atoms with van der Waals surface area (Å²) in [5.41, 5.74) is 0.848. The minimum Gasteiger partial charge on any atom is -0.355 e. The summed E-state index contributed by atoms with van der Waals surface area (Å²) in [6.45, 7) is 6.43. The van der Waals surface area contributed by atoms with E-state index in [0.29, 0.717) is 6.54 Å². The number of nitrogens with zero attached hydrogens (tertiary/aromatic N) is 1. The predicted molar refractivity (Wildman–Crippen MR) is 83.7 cm³/mol. The normalized spacial score (nSPS) is 21.4. The van der Waals surface area contributed by atoms with Gasteiger partial charge >= 0.3 is 0 Å². The Morgan fingerprint density at radius 3 is 2.84 bits per heavy atom. The Balaban J connectivity index is 0.00000162. The van der Waals surface area contributed by atoms with Crippen molar-refractivity contribution in [3.8, 4) is 0 Å². The first-order valence-electron chi connectivity index (χ1n) is 6.00. The molecule has 0 radical (unpaired) electrons. The number of aryl methyl sites for hydroxylation is 1. The van der Waals surface area contributed by atoms with Crippen LogP contribution in [-0.4, -0.2) is 30.5 Å². The van der Waals surface area contributed by atoms with Crippen LogP contribution in [0.4, 0.5) is 0 Å². The van der Waals surface area contributed by atoms with Gasteiger partial charge in [-0.15, -0.1) is 36.2 Å². The van der Waals surface area contributed by atoms with Gasteiger partial charge in [-0.3, -0.25) is 4.79 Å². The van der Waals surface area contributed by atoms with E-state index in [1.165, 1.54) is 0 Å². The van der Waals surface area contributed by atoms with Gasteiger partial charge in [-0.1, -0.05) is 0 Å². The first-order valence-corrected chi connectivity index (χ1v) is 6.88. The predicted octanol–water partition coefficient (Wildman–Crippen LogP) is 1.95. The standard InChI is InChI=1S/C12H19N3OS.2ClH/c1-9-15-10(7-17-9)3-5-14-11(16)12(2)4-6-13-8-12;;/h7,13H,3-6,8H2,1-2H3,(H,14,16);2*1H. The van der Waals surface area contributed by atoms with E-state index < -0.39 is 0 Å². The Bertz CT molecular complexity index is 405. The van der Waals surface area contributed by atoms with Crippen LogP contribution in [0.15, 0.2) is 5.38 Å². The smallest absolute Gasteiger partial charge is 0.227 e. The Morgan fingerprint density at radius 1 is 1.58 bits per heavy atom. The molecule has 19 heavy (non-hydrogen) atoms. The summed E-state index contributed by atoms with van der Waals surface area (Å²) < 4.78 is 0. The SMILES string of the molecule is Cc1nc(CCNC(=O)C2(C)CCNC2)cs1.Cl.Cl. The second-order valence-corrected chi connectivity index (χ2v) is 5.91. The topological polar surface area (TPSA) is 54.0 Å². The van der Waals surface area contributed by atoms with Gasteiger partial charge < -0.3 is 10.6 Å². The van der Waals surface area contributed by atoms with Crippen molar-refractivity contribution in [3.63, 3.8) is 0 Å². The lowest BCUT2D eigenvalue weighted by Gasteiger charge is -2.21. The van der Waals surface area contributed by atoms with Gasteiger partial charge in [0.25, 0.3) is 0 Å². The maximum Gasteiger partial charge on any atom is 0.227 e. The Hall–Kier alpha value is -0.360. The fourth-order valence-electron chi connectivity index (χ4n) is 2.05. The fraction of sp³-hybridized carbons (Fsp3) is 0.667. The van der Waals surface area contributed by atoms with Gasteiger partial charge in [0.15, 0.2) is 0 Å². The molecule has 1 aromatic rings. The van der Waals surface area contributed by atoms with Crippen molar-refractivity contribution < 1.29 is 4.79 Å². The summed E-state index contributed by atoms with van der Waals surface area (Å²) in [6.07, 6.45) is 1.74. The van der Waals surface area contributed by atoms with Gasteiger partial charge in [0.1, 0.15) is 0 Å². The minimum atomic E-state index is -0.224. The molecule has 4 nitrogen and oxygen atoms in total. The van der Waals surface area contributed by atoms with Gasteiger partial charge in [0, 0.05) is 24.9 Å². The summed E-state index contributed by atoms with van der Waals surface area (Å²) in [4.78, 5) is 16.4. The number of amides is 1. The average molecular weight is 326 g/mol. The minimum absolute atomic E-state index is 0. The molecule has 110 valence electrons. The fourth-order valence-corrected chi connectivity index (χ4v) is 2.70. The summed E-state index contributed by atoms with van der Waals surface area (Å²) in [7, 11) is 0. The van der Waals surface area contributed by atoms with Crippen LogP contribution in [0, 0.1) is 12.3 Å². The lowest BCUT2D eigenvalue weighted by molar-refractivity contribution is -0.129. The molecule has 1 aliphatic rings. The molecule has 1 aromatic heterocycles. The van der Waals surface area contributed by atoms with E-state index in [9.17, 15) is 4.79 Å². The molecule has 1 saturated heterocycles. The molecule has 2 N–H and O–H groups in total. The van der Waals surface area contributed by atoms with E-state index in [-0.39, 0.29) is 36.1 Å². The lowest BCUT2D eigenvalue weighted by atomic mass is 9.89.